The third-order valence-corrected chi connectivity index (χ3v) is 3.21. The van der Waals surface area contributed by atoms with Crippen LogP contribution in [0.15, 0.2) is 47.1 Å². The predicted molar refractivity (Wildman–Crippen MR) is 75.0 cm³/mol. The summed E-state index contributed by atoms with van der Waals surface area (Å²) < 4.78 is 18.4. The van der Waals surface area contributed by atoms with E-state index in [0.29, 0.717) is 25.1 Å². The van der Waals surface area contributed by atoms with Crippen LogP contribution in [0.4, 0.5) is 4.39 Å². The number of benzene rings is 1. The van der Waals surface area contributed by atoms with E-state index in [2.05, 4.69) is 4.90 Å². The van der Waals surface area contributed by atoms with Crippen molar-refractivity contribution in [1.29, 1.82) is 0 Å². The molecule has 1 heterocycles. The summed E-state index contributed by atoms with van der Waals surface area (Å²) in [6.07, 6.45) is 2.01. The molecule has 0 aliphatic heterocycles. The van der Waals surface area contributed by atoms with Gasteiger partial charge < -0.3 is 4.42 Å². The van der Waals surface area contributed by atoms with Crippen LogP contribution in [0.2, 0.25) is 0 Å². The Morgan fingerprint density at radius 3 is 2.80 bits per heavy atom. The fourth-order valence-electron chi connectivity index (χ4n) is 2.04. The minimum absolute atomic E-state index is 0.0394. The summed E-state index contributed by atoms with van der Waals surface area (Å²) in [5, 5.41) is 0. The third-order valence-electron chi connectivity index (χ3n) is 3.21. The zero-order valence-electron chi connectivity index (χ0n) is 11.5. The first-order chi connectivity index (χ1) is 9.69. The van der Waals surface area contributed by atoms with Crippen molar-refractivity contribution in [2.75, 3.05) is 13.1 Å². The number of furan rings is 1. The molecule has 0 bridgehead atoms. The first-order valence-corrected chi connectivity index (χ1v) is 6.72. The molecule has 0 spiro atoms. The van der Waals surface area contributed by atoms with Gasteiger partial charge in [0.1, 0.15) is 11.6 Å². The van der Waals surface area contributed by atoms with Gasteiger partial charge in [0.05, 0.1) is 12.8 Å². The summed E-state index contributed by atoms with van der Waals surface area (Å²) >= 11 is 0. The molecule has 0 aliphatic rings. The van der Waals surface area contributed by atoms with Gasteiger partial charge in [-0.2, -0.15) is 0 Å². The number of ketones is 1. The summed E-state index contributed by atoms with van der Waals surface area (Å²) in [6, 6.07) is 9.59. The lowest BCUT2D eigenvalue weighted by atomic mass is 10.1. The molecule has 0 aliphatic carbocycles. The first kappa shape index (κ1) is 14.5. The molecule has 1 aromatic heterocycles. The van der Waals surface area contributed by atoms with E-state index >= 15 is 0 Å². The zero-order chi connectivity index (χ0) is 14.4. The SMILES string of the molecule is CCN(CCC(=O)c1cccc(F)c1)Cc1ccco1. The standard InChI is InChI=1S/C16H18FNO2/c1-2-18(12-15-7-4-10-20-15)9-8-16(19)13-5-3-6-14(17)11-13/h3-7,10-11H,2,8-9,12H2,1H3. The molecule has 20 heavy (non-hydrogen) atoms. The summed E-state index contributed by atoms with van der Waals surface area (Å²) in [4.78, 5) is 14.1. The van der Waals surface area contributed by atoms with Crippen LogP contribution in [0, 0.1) is 5.82 Å². The van der Waals surface area contributed by atoms with Gasteiger partial charge in [-0.05, 0) is 30.8 Å². The second kappa shape index (κ2) is 7.01. The second-order valence-electron chi connectivity index (χ2n) is 4.63. The maximum atomic E-state index is 13.1. The lowest BCUT2D eigenvalue weighted by Crippen LogP contribution is -2.25. The van der Waals surface area contributed by atoms with Gasteiger partial charge in [-0.1, -0.05) is 19.1 Å². The van der Waals surface area contributed by atoms with Crippen molar-refractivity contribution < 1.29 is 13.6 Å². The highest BCUT2D eigenvalue weighted by atomic mass is 19.1. The van der Waals surface area contributed by atoms with Crippen LogP contribution in [0.1, 0.15) is 29.5 Å². The van der Waals surface area contributed by atoms with E-state index in [1.165, 1.54) is 12.1 Å². The summed E-state index contributed by atoms with van der Waals surface area (Å²) in [6.45, 7) is 4.18. The van der Waals surface area contributed by atoms with Gasteiger partial charge >= 0.3 is 0 Å². The topological polar surface area (TPSA) is 33.5 Å². The van der Waals surface area contributed by atoms with Crippen LogP contribution < -0.4 is 0 Å². The zero-order valence-corrected chi connectivity index (χ0v) is 11.5. The van der Waals surface area contributed by atoms with Gasteiger partial charge in [0.25, 0.3) is 0 Å². The maximum Gasteiger partial charge on any atom is 0.164 e. The van der Waals surface area contributed by atoms with Crippen molar-refractivity contribution in [3.8, 4) is 0 Å². The molecule has 2 rings (SSSR count). The molecular weight excluding hydrogens is 257 g/mol. The maximum absolute atomic E-state index is 13.1. The number of carbonyl (C=O) groups excluding carboxylic acids is 1. The highest BCUT2D eigenvalue weighted by Gasteiger charge is 2.11. The highest BCUT2D eigenvalue weighted by molar-refractivity contribution is 5.96. The number of carbonyl (C=O) groups is 1. The average Bonchev–Trinajstić information content (AvgIpc) is 2.96. The lowest BCUT2D eigenvalue weighted by Gasteiger charge is -2.18. The molecule has 4 heteroatoms. The van der Waals surface area contributed by atoms with Gasteiger partial charge in [0, 0.05) is 18.5 Å². The normalized spacial score (nSPS) is 10.9. The van der Waals surface area contributed by atoms with Crippen molar-refractivity contribution in [2.24, 2.45) is 0 Å². The summed E-state index contributed by atoms with van der Waals surface area (Å²) in [7, 11) is 0. The summed E-state index contributed by atoms with van der Waals surface area (Å²) in [5.41, 5.74) is 0.430. The average molecular weight is 275 g/mol. The van der Waals surface area contributed by atoms with Crippen molar-refractivity contribution in [3.05, 3.63) is 59.8 Å². The van der Waals surface area contributed by atoms with E-state index in [9.17, 15) is 9.18 Å². The quantitative estimate of drug-likeness (QED) is 0.725. The molecule has 0 saturated carbocycles. The lowest BCUT2D eigenvalue weighted by molar-refractivity contribution is 0.0961. The minimum atomic E-state index is -0.376. The highest BCUT2D eigenvalue weighted by Crippen LogP contribution is 2.09. The number of hydrogen-bond donors (Lipinski definition) is 0. The first-order valence-electron chi connectivity index (χ1n) is 6.72. The van der Waals surface area contributed by atoms with Gasteiger partial charge in [0.15, 0.2) is 5.78 Å². The van der Waals surface area contributed by atoms with Crippen LogP contribution in [-0.2, 0) is 6.54 Å². The largest absolute Gasteiger partial charge is 0.468 e. The monoisotopic (exact) mass is 275 g/mol. The molecule has 0 N–H and O–H groups in total. The number of nitrogens with zero attached hydrogens (tertiary/aromatic N) is 1. The molecule has 0 saturated heterocycles. The Kier molecular flexibility index (Phi) is 5.07. The van der Waals surface area contributed by atoms with E-state index in [1.807, 2.05) is 19.1 Å². The molecular formula is C16H18FNO2. The molecule has 2 aromatic rings. The second-order valence-corrected chi connectivity index (χ2v) is 4.63. The molecule has 1 aromatic carbocycles. The fourth-order valence-corrected chi connectivity index (χ4v) is 2.04. The van der Waals surface area contributed by atoms with Crippen molar-refractivity contribution in [1.82, 2.24) is 4.90 Å². The fraction of sp³-hybridized carbons (Fsp3) is 0.312. The number of halogens is 1. The van der Waals surface area contributed by atoms with E-state index in [4.69, 9.17) is 4.42 Å². The third kappa shape index (κ3) is 4.03. The minimum Gasteiger partial charge on any atom is -0.468 e. The Morgan fingerprint density at radius 2 is 2.15 bits per heavy atom. The molecule has 3 nitrogen and oxygen atoms in total. The van der Waals surface area contributed by atoms with Crippen LogP contribution in [0.3, 0.4) is 0 Å². The van der Waals surface area contributed by atoms with Gasteiger partial charge in [-0.3, -0.25) is 9.69 Å². The van der Waals surface area contributed by atoms with Crippen molar-refractivity contribution >= 4 is 5.78 Å². The van der Waals surface area contributed by atoms with E-state index in [0.717, 1.165) is 12.3 Å². The van der Waals surface area contributed by atoms with Crippen LogP contribution in [0.25, 0.3) is 0 Å². The van der Waals surface area contributed by atoms with Crippen LogP contribution in [-0.4, -0.2) is 23.8 Å². The Balaban J connectivity index is 1.88. The molecule has 0 unspecified atom stereocenters. The number of hydrogen-bond acceptors (Lipinski definition) is 3. The molecule has 0 fully saturated rings. The predicted octanol–water partition coefficient (Wildman–Crippen LogP) is 3.51. The van der Waals surface area contributed by atoms with E-state index in [1.54, 1.807) is 18.4 Å². The van der Waals surface area contributed by atoms with Crippen LogP contribution in [0.5, 0.6) is 0 Å². The Labute approximate surface area is 118 Å². The smallest absolute Gasteiger partial charge is 0.164 e. The number of Topliss-reactive ketones (excluding diaryl/α,β-unsaturated/α-hetero) is 1. The van der Waals surface area contributed by atoms with Crippen molar-refractivity contribution in [3.63, 3.8) is 0 Å². The number of rotatable bonds is 7. The van der Waals surface area contributed by atoms with Crippen molar-refractivity contribution in [2.45, 2.75) is 19.9 Å². The molecule has 0 amide bonds. The Morgan fingerprint density at radius 1 is 1.30 bits per heavy atom. The molecule has 0 radical (unpaired) electrons. The molecule has 106 valence electrons. The van der Waals surface area contributed by atoms with Gasteiger partial charge in [-0.25, -0.2) is 4.39 Å². The summed E-state index contributed by atoms with van der Waals surface area (Å²) in [5.74, 6) is 0.464. The van der Waals surface area contributed by atoms with E-state index in [-0.39, 0.29) is 11.6 Å². The van der Waals surface area contributed by atoms with E-state index < -0.39 is 0 Å². The molecule has 0 atom stereocenters. The Bertz CT molecular complexity index is 551. The Hall–Kier alpha value is -1.94. The van der Waals surface area contributed by atoms with Gasteiger partial charge in [-0.15, -0.1) is 0 Å². The van der Waals surface area contributed by atoms with Crippen LogP contribution >= 0.6 is 0 Å². The van der Waals surface area contributed by atoms with Gasteiger partial charge in [0.2, 0.25) is 0 Å².